The number of carbonyl (C=O) groups excluding carboxylic acids is 6. The quantitative estimate of drug-likeness (QED) is 0.226. The van der Waals surface area contributed by atoms with Gasteiger partial charge < -0.3 is 43.4 Å². The zero-order valence-electron chi connectivity index (χ0n) is 32.2. The number of cyclic esters (lactones) is 1. The van der Waals surface area contributed by atoms with Crippen LogP contribution in [-0.2, 0) is 61.9 Å². The Morgan fingerprint density at radius 2 is 1.49 bits per heavy atom. The van der Waals surface area contributed by atoms with Gasteiger partial charge in [-0.05, 0) is 62.7 Å². The molecule has 2 aliphatic heterocycles. The molecule has 296 valence electrons. The minimum Gasteiger partial charge on any atom is -0.467 e. The molecule has 0 radical (unpaired) electrons. The average Bonchev–Trinajstić information content (AvgIpc) is 3.84. The monoisotopic (exact) mass is 750 g/mol. The summed E-state index contributed by atoms with van der Waals surface area (Å²) in [5.41, 5.74) is -9.26. The highest BCUT2D eigenvalue weighted by Gasteiger charge is 2.91. The van der Waals surface area contributed by atoms with Gasteiger partial charge in [0.15, 0.2) is 6.10 Å². The molecule has 0 spiro atoms. The van der Waals surface area contributed by atoms with Crippen molar-refractivity contribution in [2.24, 2.45) is 45.3 Å². The highest BCUT2D eigenvalue weighted by molar-refractivity contribution is 5.86. The predicted octanol–water partition coefficient (Wildman–Crippen LogP) is 2.19. The molecule has 16 atom stereocenters. The first-order valence-electron chi connectivity index (χ1n) is 18.6. The number of epoxide rings is 1. The van der Waals surface area contributed by atoms with E-state index in [4.69, 9.17) is 33.2 Å². The molecular weight excluding hydrogens is 696 g/mol. The van der Waals surface area contributed by atoms with Gasteiger partial charge in [-0.3, -0.25) is 24.0 Å². The van der Waals surface area contributed by atoms with Crippen LogP contribution in [0.25, 0.3) is 0 Å². The fraction of sp³-hybridized carbons (Fsp3) is 0.842. The van der Waals surface area contributed by atoms with E-state index in [0.717, 1.165) is 0 Å². The van der Waals surface area contributed by atoms with Gasteiger partial charge >= 0.3 is 35.8 Å². The Labute approximate surface area is 309 Å². The summed E-state index contributed by atoms with van der Waals surface area (Å²) in [5, 5.41) is 26.4. The van der Waals surface area contributed by atoms with E-state index in [9.17, 15) is 39.0 Å². The second-order valence-corrected chi connectivity index (χ2v) is 17.2. The summed E-state index contributed by atoms with van der Waals surface area (Å²) in [7, 11) is 1.21. The molecule has 2 N–H and O–H groups in total. The van der Waals surface area contributed by atoms with Crippen molar-refractivity contribution in [3.8, 4) is 0 Å². The molecule has 2 heterocycles. The Kier molecular flexibility index (Phi) is 9.38. The summed E-state index contributed by atoms with van der Waals surface area (Å²) in [4.78, 5) is 78.8. The van der Waals surface area contributed by atoms with Crippen molar-refractivity contribution < 1.29 is 72.1 Å². The second-order valence-electron chi connectivity index (χ2n) is 17.2. The van der Waals surface area contributed by atoms with Gasteiger partial charge in [-0.15, -0.1) is 0 Å². The highest BCUT2D eigenvalue weighted by Crippen LogP contribution is 2.79. The number of aliphatic hydroxyl groups excluding tert-OH is 1. The summed E-state index contributed by atoms with van der Waals surface area (Å²) < 4.78 is 41.6. The van der Waals surface area contributed by atoms with Crippen molar-refractivity contribution in [1.29, 1.82) is 0 Å². The van der Waals surface area contributed by atoms with E-state index < -0.39 is 123 Å². The van der Waals surface area contributed by atoms with Crippen LogP contribution in [0.15, 0.2) is 0 Å². The third-order valence-corrected chi connectivity index (χ3v) is 14.8. The van der Waals surface area contributed by atoms with E-state index in [1.54, 1.807) is 20.8 Å². The van der Waals surface area contributed by atoms with E-state index >= 15 is 0 Å². The molecule has 0 aromatic carbocycles. The largest absolute Gasteiger partial charge is 0.467 e. The van der Waals surface area contributed by atoms with E-state index in [2.05, 4.69) is 0 Å². The molecule has 10 unspecified atom stereocenters. The number of hydrogen-bond donors (Lipinski definition) is 2. The molecule has 6 fully saturated rings. The van der Waals surface area contributed by atoms with Crippen molar-refractivity contribution in [3.05, 3.63) is 0 Å². The SMILES string of the molecule is COC(=O)[C@]12OC1[C@@H](C)CC1(O)C3CCC4(C)C([C@H](OC(C)=O)[C@H](O)C5([C@H](C)OC(C)=O)COC(=O)CC[C@@H]45)C3(C)C(OC(C)=O)C(OC(C)=O)C12C. The highest BCUT2D eigenvalue weighted by atomic mass is 16.7. The average molecular weight is 751 g/mol. The van der Waals surface area contributed by atoms with Crippen LogP contribution >= 0.6 is 0 Å². The van der Waals surface area contributed by atoms with Crippen LogP contribution in [0.1, 0.15) is 94.4 Å². The standard InChI is InChI=1S/C38H54O15/c1-17-15-37(46)24-13-14-33(7)23-11-12-25(43)48-16-36(23,18(2)49-19(3)39)28(44)26(50-20(4)40)27(33)34(24,8)30(51-21(5)41)31(52-22(6)42)35(37,9)38(29(17)53-38)32(45)47-10/h17-18,23-24,26-31,44,46H,11-16H2,1-10H3/t17-,18-,23-,24?,26-,27?,28-,29?,30?,31?,33?,34?,35?,36?,37?,38+/m0/s1. The van der Waals surface area contributed by atoms with E-state index in [1.165, 1.54) is 34.8 Å². The maximum atomic E-state index is 13.9. The molecule has 2 saturated heterocycles. The van der Waals surface area contributed by atoms with Crippen molar-refractivity contribution in [3.63, 3.8) is 0 Å². The predicted molar refractivity (Wildman–Crippen MR) is 179 cm³/mol. The number of fused-ring (bicyclic) bond motifs is 9. The molecule has 6 rings (SSSR count). The molecule has 15 nitrogen and oxygen atoms in total. The van der Waals surface area contributed by atoms with Gasteiger partial charge in [-0.1, -0.05) is 20.8 Å². The lowest BCUT2D eigenvalue weighted by molar-refractivity contribution is -0.363. The summed E-state index contributed by atoms with van der Waals surface area (Å²) >= 11 is 0. The second kappa shape index (κ2) is 12.6. The first-order chi connectivity index (χ1) is 24.5. The van der Waals surface area contributed by atoms with Gasteiger partial charge in [0.25, 0.3) is 0 Å². The Hall–Kier alpha value is -3.30. The lowest BCUT2D eigenvalue weighted by Gasteiger charge is -2.75. The normalized spacial score (nSPS) is 48.6. The van der Waals surface area contributed by atoms with Crippen LogP contribution in [0.2, 0.25) is 0 Å². The van der Waals surface area contributed by atoms with Crippen molar-refractivity contribution >= 4 is 35.8 Å². The summed E-state index contributed by atoms with van der Waals surface area (Å²) in [6.07, 6.45) is -6.75. The zero-order valence-corrected chi connectivity index (χ0v) is 32.2. The molecule has 4 saturated carbocycles. The van der Waals surface area contributed by atoms with E-state index in [0.29, 0.717) is 6.42 Å². The van der Waals surface area contributed by atoms with Gasteiger partial charge in [0, 0.05) is 45.4 Å². The van der Waals surface area contributed by atoms with Gasteiger partial charge in [-0.25, -0.2) is 4.79 Å². The van der Waals surface area contributed by atoms with Gasteiger partial charge in [0.2, 0.25) is 5.60 Å². The number of rotatable bonds is 6. The topological polar surface area (TPSA) is 211 Å². The number of esters is 6. The van der Waals surface area contributed by atoms with Crippen LogP contribution in [0, 0.1) is 45.3 Å². The molecule has 0 bridgehead atoms. The van der Waals surface area contributed by atoms with Crippen LogP contribution < -0.4 is 0 Å². The van der Waals surface area contributed by atoms with Gasteiger partial charge in [-0.2, -0.15) is 0 Å². The Balaban J connectivity index is 1.66. The number of aliphatic hydroxyl groups is 2. The maximum absolute atomic E-state index is 13.9. The van der Waals surface area contributed by atoms with E-state index in [-0.39, 0.29) is 38.2 Å². The smallest absolute Gasteiger partial charge is 0.341 e. The number of carbonyl (C=O) groups is 6. The Bertz CT molecular complexity index is 1600. The van der Waals surface area contributed by atoms with Gasteiger partial charge in [0.1, 0.15) is 37.1 Å². The Morgan fingerprint density at radius 1 is 0.887 bits per heavy atom. The lowest BCUT2D eigenvalue weighted by Crippen LogP contribution is -2.84. The van der Waals surface area contributed by atoms with Crippen molar-refractivity contribution in [2.45, 2.75) is 142 Å². The third kappa shape index (κ3) is 5.00. The fourth-order valence-electron chi connectivity index (χ4n) is 13.1. The van der Waals surface area contributed by atoms with Crippen LogP contribution in [-0.4, -0.2) is 108 Å². The first-order valence-corrected chi connectivity index (χ1v) is 18.6. The van der Waals surface area contributed by atoms with Crippen LogP contribution in [0.3, 0.4) is 0 Å². The van der Waals surface area contributed by atoms with Gasteiger partial charge in [0.05, 0.1) is 23.5 Å². The van der Waals surface area contributed by atoms with E-state index in [1.807, 2.05) is 13.8 Å². The maximum Gasteiger partial charge on any atom is 0.341 e. The minimum absolute atomic E-state index is 0.0179. The molecule has 0 aromatic heterocycles. The summed E-state index contributed by atoms with van der Waals surface area (Å²) in [6, 6.07) is 0. The molecule has 15 heteroatoms. The van der Waals surface area contributed by atoms with Crippen LogP contribution in [0.4, 0.5) is 0 Å². The van der Waals surface area contributed by atoms with Crippen molar-refractivity contribution in [2.75, 3.05) is 13.7 Å². The minimum atomic E-state index is -1.85. The first kappa shape index (κ1) is 39.4. The molecule has 4 aliphatic carbocycles. The molecule has 0 aromatic rings. The molecular formula is C38H54O15. The summed E-state index contributed by atoms with van der Waals surface area (Å²) in [5.74, 6) is -6.94. The zero-order chi connectivity index (χ0) is 39.4. The molecule has 53 heavy (non-hydrogen) atoms. The lowest BCUT2D eigenvalue weighted by atomic mass is 9.31. The summed E-state index contributed by atoms with van der Waals surface area (Å²) in [6.45, 7) is 13.3. The van der Waals surface area contributed by atoms with Crippen LogP contribution in [0.5, 0.6) is 0 Å². The number of methoxy groups -OCH3 is 1. The number of hydrogen-bond acceptors (Lipinski definition) is 15. The Morgan fingerprint density at radius 3 is 2.06 bits per heavy atom. The fourth-order valence-corrected chi connectivity index (χ4v) is 13.1. The van der Waals surface area contributed by atoms with Crippen molar-refractivity contribution in [1.82, 2.24) is 0 Å². The number of ether oxygens (including phenoxy) is 7. The third-order valence-electron chi connectivity index (χ3n) is 14.8. The molecule has 0 amide bonds. The molecule has 6 aliphatic rings.